The smallest absolute Gasteiger partial charge is 0.303 e. The predicted octanol–water partition coefficient (Wildman–Crippen LogP) is 4.87. The van der Waals surface area contributed by atoms with Crippen molar-refractivity contribution in [3.63, 3.8) is 0 Å². The summed E-state index contributed by atoms with van der Waals surface area (Å²) in [4.78, 5) is 10.5. The average molecular weight is 379 g/mol. The summed E-state index contributed by atoms with van der Waals surface area (Å²) in [6, 6.07) is 0. The first-order valence-corrected chi connectivity index (χ1v) is 10.3. The maximum atomic E-state index is 10.6. The van der Waals surface area contributed by atoms with Gasteiger partial charge in [0.05, 0.1) is 12.2 Å². The molecule has 1 rings (SSSR count). The van der Waals surface area contributed by atoms with E-state index in [9.17, 15) is 15.0 Å². The van der Waals surface area contributed by atoms with Gasteiger partial charge in [0.1, 0.15) is 0 Å². The summed E-state index contributed by atoms with van der Waals surface area (Å²) in [6.45, 7) is 10.4. The summed E-state index contributed by atoms with van der Waals surface area (Å²) in [6.07, 6.45) is 13.1. The number of aliphatic hydroxyl groups is 2. The van der Waals surface area contributed by atoms with Gasteiger partial charge < -0.3 is 15.3 Å². The Balaban J connectivity index is 2.63. The van der Waals surface area contributed by atoms with Gasteiger partial charge in [-0.1, -0.05) is 70.1 Å². The van der Waals surface area contributed by atoms with Crippen molar-refractivity contribution in [2.75, 3.05) is 0 Å². The second-order valence-electron chi connectivity index (χ2n) is 8.53. The van der Waals surface area contributed by atoms with Crippen LogP contribution >= 0.6 is 0 Å². The van der Waals surface area contributed by atoms with E-state index in [-0.39, 0.29) is 23.7 Å². The molecule has 1 fully saturated rings. The SMILES string of the molecule is C=C1CC(O)C(/C=C/C(O)C(C)(C)CCCC)C1C/C=C/CCCC(=O)O. The molecule has 4 unspecified atom stereocenters. The lowest BCUT2D eigenvalue weighted by Gasteiger charge is -2.29. The molecule has 0 spiro atoms. The number of carbonyl (C=O) groups is 1. The highest BCUT2D eigenvalue weighted by molar-refractivity contribution is 5.66. The van der Waals surface area contributed by atoms with Crippen LogP contribution in [0.4, 0.5) is 0 Å². The van der Waals surface area contributed by atoms with Crippen molar-refractivity contribution >= 4 is 5.97 Å². The number of hydrogen-bond acceptors (Lipinski definition) is 3. The summed E-state index contributed by atoms with van der Waals surface area (Å²) in [5.74, 6) is -0.628. The first-order chi connectivity index (χ1) is 12.7. The van der Waals surface area contributed by atoms with Crippen LogP contribution in [0.2, 0.25) is 0 Å². The number of unbranched alkanes of at least 4 members (excludes halogenated alkanes) is 2. The van der Waals surface area contributed by atoms with Crippen LogP contribution in [0.1, 0.15) is 72.1 Å². The van der Waals surface area contributed by atoms with E-state index < -0.39 is 18.2 Å². The maximum absolute atomic E-state index is 10.6. The predicted molar refractivity (Wildman–Crippen MR) is 110 cm³/mol. The highest BCUT2D eigenvalue weighted by Crippen LogP contribution is 2.40. The van der Waals surface area contributed by atoms with Gasteiger partial charge in [-0.2, -0.15) is 0 Å². The van der Waals surface area contributed by atoms with Crippen LogP contribution in [0.15, 0.2) is 36.5 Å². The second-order valence-corrected chi connectivity index (χ2v) is 8.53. The molecule has 154 valence electrons. The third-order valence-electron chi connectivity index (χ3n) is 5.71. The van der Waals surface area contributed by atoms with Crippen molar-refractivity contribution in [2.24, 2.45) is 17.3 Å². The zero-order valence-electron chi connectivity index (χ0n) is 17.2. The minimum absolute atomic E-state index is 0.0298. The molecule has 4 atom stereocenters. The molecule has 0 aromatic heterocycles. The van der Waals surface area contributed by atoms with E-state index >= 15 is 0 Å². The van der Waals surface area contributed by atoms with E-state index in [0.29, 0.717) is 12.8 Å². The van der Waals surface area contributed by atoms with Crippen molar-refractivity contribution in [1.29, 1.82) is 0 Å². The van der Waals surface area contributed by atoms with Gasteiger partial charge in [-0.15, -0.1) is 0 Å². The standard InChI is InChI=1S/C23H38O4/c1-5-6-15-23(3,4)21(25)14-13-19-18(17(2)16-20(19)24)11-9-7-8-10-12-22(26)27/h7,9,13-14,18-21,24-25H,2,5-6,8,10-12,15-16H2,1,3-4H3,(H,26,27)/b9-7+,14-13+. The fourth-order valence-electron chi connectivity index (χ4n) is 3.69. The molecule has 0 radical (unpaired) electrons. The summed E-state index contributed by atoms with van der Waals surface area (Å²) in [5.41, 5.74) is 0.874. The van der Waals surface area contributed by atoms with Crippen LogP contribution in [-0.2, 0) is 4.79 Å². The number of aliphatic carboxylic acids is 1. The first-order valence-electron chi connectivity index (χ1n) is 10.3. The van der Waals surface area contributed by atoms with Crippen LogP contribution in [-0.4, -0.2) is 33.5 Å². The van der Waals surface area contributed by atoms with Gasteiger partial charge in [0.2, 0.25) is 0 Å². The van der Waals surface area contributed by atoms with Crippen molar-refractivity contribution in [3.8, 4) is 0 Å². The van der Waals surface area contributed by atoms with Crippen molar-refractivity contribution in [3.05, 3.63) is 36.5 Å². The van der Waals surface area contributed by atoms with Crippen LogP contribution < -0.4 is 0 Å². The second kappa shape index (κ2) is 11.5. The molecule has 0 bridgehead atoms. The highest BCUT2D eigenvalue weighted by Gasteiger charge is 2.35. The Bertz CT molecular complexity index is 532. The summed E-state index contributed by atoms with van der Waals surface area (Å²) in [5, 5.41) is 29.6. The van der Waals surface area contributed by atoms with Crippen LogP contribution in [0, 0.1) is 17.3 Å². The van der Waals surface area contributed by atoms with Gasteiger partial charge in [0.15, 0.2) is 0 Å². The van der Waals surface area contributed by atoms with Gasteiger partial charge in [-0.3, -0.25) is 4.79 Å². The lowest BCUT2D eigenvalue weighted by molar-refractivity contribution is -0.137. The molecule has 4 nitrogen and oxygen atoms in total. The highest BCUT2D eigenvalue weighted by atomic mass is 16.4. The molecular formula is C23H38O4. The van der Waals surface area contributed by atoms with E-state index in [1.165, 1.54) is 0 Å². The molecule has 0 heterocycles. The van der Waals surface area contributed by atoms with Crippen LogP contribution in [0.3, 0.4) is 0 Å². The molecule has 0 saturated heterocycles. The Morgan fingerprint density at radius 1 is 1.33 bits per heavy atom. The van der Waals surface area contributed by atoms with E-state index in [2.05, 4.69) is 33.4 Å². The zero-order valence-corrected chi connectivity index (χ0v) is 17.2. The monoisotopic (exact) mass is 378 g/mol. The van der Waals surface area contributed by atoms with Gasteiger partial charge >= 0.3 is 5.97 Å². The summed E-state index contributed by atoms with van der Waals surface area (Å²) >= 11 is 0. The Morgan fingerprint density at radius 2 is 2.04 bits per heavy atom. The topological polar surface area (TPSA) is 77.8 Å². The number of aliphatic hydroxyl groups excluding tert-OH is 2. The number of carboxylic acid groups (broad SMARTS) is 1. The third-order valence-corrected chi connectivity index (χ3v) is 5.71. The summed E-state index contributed by atoms with van der Waals surface area (Å²) < 4.78 is 0. The Hall–Kier alpha value is -1.39. The molecule has 3 N–H and O–H groups in total. The molecule has 1 aliphatic carbocycles. The van der Waals surface area contributed by atoms with E-state index in [0.717, 1.165) is 37.7 Å². The largest absolute Gasteiger partial charge is 0.481 e. The number of allylic oxidation sites excluding steroid dienone is 2. The lowest BCUT2D eigenvalue weighted by Crippen LogP contribution is -2.28. The fourth-order valence-corrected chi connectivity index (χ4v) is 3.69. The van der Waals surface area contributed by atoms with Gasteiger partial charge in [0.25, 0.3) is 0 Å². The maximum Gasteiger partial charge on any atom is 0.303 e. The average Bonchev–Trinajstić information content (AvgIpc) is 2.86. The molecule has 1 aliphatic rings. The number of carboxylic acids is 1. The minimum Gasteiger partial charge on any atom is -0.481 e. The first kappa shape index (κ1) is 23.6. The molecule has 4 heteroatoms. The molecule has 0 aromatic rings. The van der Waals surface area contributed by atoms with Crippen LogP contribution in [0.5, 0.6) is 0 Å². The molecule has 0 aromatic carbocycles. The molecule has 1 saturated carbocycles. The Labute approximate surface area is 164 Å². The molecule has 27 heavy (non-hydrogen) atoms. The van der Waals surface area contributed by atoms with Crippen LogP contribution in [0.25, 0.3) is 0 Å². The molecule has 0 amide bonds. The normalized spacial score (nSPS) is 24.9. The lowest BCUT2D eigenvalue weighted by atomic mass is 9.80. The quantitative estimate of drug-likeness (QED) is 0.334. The van der Waals surface area contributed by atoms with Crippen molar-refractivity contribution in [1.82, 2.24) is 0 Å². The minimum atomic E-state index is -0.763. The third kappa shape index (κ3) is 8.02. The Kier molecular flexibility index (Phi) is 10.0. The van der Waals surface area contributed by atoms with Crippen molar-refractivity contribution < 1.29 is 20.1 Å². The van der Waals surface area contributed by atoms with Gasteiger partial charge in [-0.25, -0.2) is 0 Å². The van der Waals surface area contributed by atoms with Gasteiger partial charge in [-0.05, 0) is 43.4 Å². The Morgan fingerprint density at radius 3 is 2.67 bits per heavy atom. The van der Waals surface area contributed by atoms with E-state index in [1.807, 2.05) is 18.2 Å². The van der Waals surface area contributed by atoms with E-state index in [1.54, 1.807) is 0 Å². The summed E-state index contributed by atoms with van der Waals surface area (Å²) in [7, 11) is 0. The number of rotatable bonds is 12. The van der Waals surface area contributed by atoms with Gasteiger partial charge in [0, 0.05) is 12.3 Å². The number of hydrogen-bond donors (Lipinski definition) is 3. The molecule has 0 aliphatic heterocycles. The van der Waals surface area contributed by atoms with Crippen molar-refractivity contribution in [2.45, 2.75) is 84.3 Å². The molecular weight excluding hydrogens is 340 g/mol. The fraction of sp³-hybridized carbons (Fsp3) is 0.696. The van der Waals surface area contributed by atoms with E-state index in [4.69, 9.17) is 5.11 Å². The zero-order chi connectivity index (χ0) is 20.4.